The number of carbonyl (C=O) groups is 1. The molecule has 0 aliphatic carbocycles. The maximum absolute atomic E-state index is 13.4. The van der Waals surface area contributed by atoms with Crippen LogP contribution in [0.4, 0.5) is 0 Å². The molecular weight excluding hydrogens is 1240 g/mol. The number of amides is 1. The first-order chi connectivity index (χ1) is 47.3. The number of rotatable bonds is 59. The van der Waals surface area contributed by atoms with Gasteiger partial charge in [-0.1, -0.05) is 272 Å². The van der Waals surface area contributed by atoms with Crippen LogP contribution in [0.15, 0.2) is 85.1 Å². The van der Waals surface area contributed by atoms with Gasteiger partial charge in [0.2, 0.25) is 5.91 Å². The molecule has 3 aliphatic heterocycles. The predicted molar refractivity (Wildman–Crippen MR) is 383 cm³/mol. The first-order valence-electron chi connectivity index (χ1n) is 38.3. The number of aliphatic hydroxyl groups excluding tert-OH is 11. The maximum Gasteiger partial charge on any atom is 0.220 e. The van der Waals surface area contributed by atoms with Crippen molar-refractivity contribution in [2.45, 2.75) is 375 Å². The van der Waals surface area contributed by atoms with Gasteiger partial charge in [0.05, 0.1) is 38.6 Å². The molecule has 1 amide bonds. The van der Waals surface area contributed by atoms with E-state index in [0.29, 0.717) is 12.8 Å². The van der Waals surface area contributed by atoms with E-state index in [2.05, 4.69) is 92.1 Å². The predicted octanol–water partition coefficient (Wildman–Crippen LogP) is 11.8. The van der Waals surface area contributed by atoms with Crippen molar-refractivity contribution >= 4 is 5.91 Å². The standard InChI is InChI=1S/C78H137NO18/c1-3-5-7-9-11-13-15-16-17-18-19-20-21-22-23-24-25-26-27-28-29-30-31-32-33-34-35-36-37-38-39-40-41-42-43-44-46-48-50-52-54-56-66(84)79-61(62(83)55-53-51-49-47-45-14-12-10-8-6-4-2)60-92-76-72(90)69(87)74(64(58-81)94-76)97-78-73(91)70(88)75(65(59-82)95-78)96-77-71(89)68(86)67(85)63(57-80)93-77/h5,7-8,10-11,13,16-17,19-20,45,47,53,55,61-65,67-78,80-83,85-91H,3-4,6,9,12,14-15,18,21-44,46,48-52,54,56-60H2,1-2H3,(H,79,84)/b7-5-,10-8+,13-11-,17-16-,20-19-,47-45+,55-53+. The monoisotopic (exact) mass is 1380 g/mol. The first-order valence-corrected chi connectivity index (χ1v) is 38.3. The number of aliphatic hydroxyl groups is 11. The van der Waals surface area contributed by atoms with Crippen LogP contribution < -0.4 is 5.32 Å². The molecule has 19 heteroatoms. The Balaban J connectivity index is 1.26. The quantitative estimate of drug-likeness (QED) is 0.0199. The van der Waals surface area contributed by atoms with Gasteiger partial charge in [0.1, 0.15) is 73.2 Å². The maximum atomic E-state index is 13.4. The summed E-state index contributed by atoms with van der Waals surface area (Å²) in [5.41, 5.74) is 0. The Labute approximate surface area is 584 Å². The van der Waals surface area contributed by atoms with Crippen LogP contribution in [-0.4, -0.2) is 193 Å². The fourth-order valence-electron chi connectivity index (χ4n) is 12.5. The van der Waals surface area contributed by atoms with Gasteiger partial charge < -0.3 is 89.9 Å². The Bertz CT molecular complexity index is 2080. The van der Waals surface area contributed by atoms with Gasteiger partial charge in [0.15, 0.2) is 18.9 Å². The summed E-state index contributed by atoms with van der Waals surface area (Å²) in [5.74, 6) is -0.289. The van der Waals surface area contributed by atoms with Crippen molar-refractivity contribution in [3.05, 3.63) is 85.1 Å². The second-order valence-electron chi connectivity index (χ2n) is 27.1. The van der Waals surface area contributed by atoms with Gasteiger partial charge in [-0.05, 0) is 77.0 Å². The third-order valence-corrected chi connectivity index (χ3v) is 18.6. The number of carbonyl (C=O) groups excluding carboxylic acids is 1. The van der Waals surface area contributed by atoms with Gasteiger partial charge in [0, 0.05) is 6.42 Å². The van der Waals surface area contributed by atoms with E-state index in [9.17, 15) is 61.0 Å². The Morgan fingerprint density at radius 2 is 0.722 bits per heavy atom. The van der Waals surface area contributed by atoms with E-state index in [4.69, 9.17) is 28.4 Å². The summed E-state index contributed by atoms with van der Waals surface area (Å²) in [6, 6.07) is -0.996. The topological polar surface area (TPSA) is 307 Å². The van der Waals surface area contributed by atoms with Crippen LogP contribution in [-0.2, 0) is 33.2 Å². The number of hydrogen-bond acceptors (Lipinski definition) is 18. The van der Waals surface area contributed by atoms with Gasteiger partial charge in [-0.15, -0.1) is 0 Å². The average molecular weight is 1380 g/mol. The van der Waals surface area contributed by atoms with Crippen molar-refractivity contribution in [2.24, 2.45) is 0 Å². The third-order valence-electron chi connectivity index (χ3n) is 18.6. The molecule has 3 rings (SSSR count). The van der Waals surface area contributed by atoms with Crippen LogP contribution in [0.25, 0.3) is 0 Å². The zero-order chi connectivity index (χ0) is 70.4. The largest absolute Gasteiger partial charge is 0.394 e. The number of nitrogens with one attached hydrogen (secondary N) is 1. The lowest BCUT2D eigenvalue weighted by Gasteiger charge is -2.48. The summed E-state index contributed by atoms with van der Waals surface area (Å²) < 4.78 is 34.3. The summed E-state index contributed by atoms with van der Waals surface area (Å²) in [6.07, 6.45) is 50.6. The molecule has 3 aliphatic rings. The fraction of sp³-hybridized carbons (Fsp3) is 0.808. The minimum Gasteiger partial charge on any atom is -0.394 e. The highest BCUT2D eigenvalue weighted by Crippen LogP contribution is 2.33. The summed E-state index contributed by atoms with van der Waals surface area (Å²) >= 11 is 0. The second kappa shape index (κ2) is 58.5. The van der Waals surface area contributed by atoms with E-state index < -0.39 is 124 Å². The number of allylic oxidation sites excluding steroid dienone is 13. The summed E-state index contributed by atoms with van der Waals surface area (Å²) in [7, 11) is 0. The Morgan fingerprint density at radius 3 is 1.14 bits per heavy atom. The van der Waals surface area contributed by atoms with E-state index >= 15 is 0 Å². The van der Waals surface area contributed by atoms with Gasteiger partial charge in [-0.25, -0.2) is 0 Å². The van der Waals surface area contributed by atoms with Crippen LogP contribution in [0.3, 0.4) is 0 Å². The number of ether oxygens (including phenoxy) is 6. The second-order valence-corrected chi connectivity index (χ2v) is 27.1. The molecule has 0 bridgehead atoms. The zero-order valence-electron chi connectivity index (χ0n) is 59.8. The van der Waals surface area contributed by atoms with Crippen molar-refractivity contribution in [1.29, 1.82) is 0 Å². The fourth-order valence-corrected chi connectivity index (χ4v) is 12.5. The lowest BCUT2D eigenvalue weighted by molar-refractivity contribution is -0.379. The number of hydrogen-bond donors (Lipinski definition) is 12. The summed E-state index contributed by atoms with van der Waals surface area (Å²) in [6.45, 7) is 1.51. The molecule has 12 N–H and O–H groups in total. The van der Waals surface area contributed by atoms with Crippen LogP contribution in [0, 0.1) is 0 Å². The number of unbranched alkanes of at least 4 members (excludes halogenated alkanes) is 31. The van der Waals surface area contributed by atoms with E-state index in [1.165, 1.54) is 161 Å². The molecule has 0 aromatic rings. The van der Waals surface area contributed by atoms with Crippen LogP contribution in [0.5, 0.6) is 0 Å². The highest BCUT2D eigenvalue weighted by atomic mass is 16.8. The summed E-state index contributed by atoms with van der Waals surface area (Å²) in [5, 5.41) is 120. The molecule has 3 heterocycles. The van der Waals surface area contributed by atoms with E-state index in [0.717, 1.165) is 77.0 Å². The normalized spacial score (nSPS) is 27.4. The SMILES string of the molecule is CC/C=C\C/C=C\C/C=C\C/C=C\CCCCCCCCCCCCCCCCCCCCCCCCCCCCCCC(=O)NC(COC1OC(CO)C(OC2OC(CO)C(OC3OC(CO)C(O)C(O)C3O)C(O)C2O)C(O)C1O)C(O)/C=C/CC/C=C/CC/C=C/CCC. The van der Waals surface area contributed by atoms with E-state index in [-0.39, 0.29) is 18.9 Å². The lowest BCUT2D eigenvalue weighted by atomic mass is 9.96. The van der Waals surface area contributed by atoms with E-state index in [1.54, 1.807) is 6.08 Å². The third kappa shape index (κ3) is 39.3. The molecule has 562 valence electrons. The molecule has 17 atom stereocenters. The lowest BCUT2D eigenvalue weighted by Crippen LogP contribution is -2.66. The molecule has 3 saturated heterocycles. The average Bonchev–Trinajstić information content (AvgIpc) is 0.790. The molecule has 0 saturated carbocycles. The van der Waals surface area contributed by atoms with Crippen LogP contribution in [0.1, 0.15) is 271 Å². The van der Waals surface area contributed by atoms with Crippen molar-refractivity contribution in [1.82, 2.24) is 5.32 Å². The molecule has 17 unspecified atom stereocenters. The molecule has 19 nitrogen and oxygen atoms in total. The molecule has 0 aromatic carbocycles. The Morgan fingerprint density at radius 1 is 0.381 bits per heavy atom. The van der Waals surface area contributed by atoms with Crippen molar-refractivity contribution in [3.63, 3.8) is 0 Å². The molecule has 0 aromatic heterocycles. The Hall–Kier alpha value is -3.03. The molecule has 3 fully saturated rings. The van der Waals surface area contributed by atoms with Crippen LogP contribution >= 0.6 is 0 Å². The smallest absolute Gasteiger partial charge is 0.220 e. The van der Waals surface area contributed by atoms with E-state index in [1.807, 2.05) is 6.08 Å². The highest BCUT2D eigenvalue weighted by Gasteiger charge is 2.53. The van der Waals surface area contributed by atoms with Crippen molar-refractivity contribution in [3.8, 4) is 0 Å². The highest BCUT2D eigenvalue weighted by molar-refractivity contribution is 5.76. The molecular formula is C78H137NO18. The van der Waals surface area contributed by atoms with Crippen LogP contribution in [0.2, 0.25) is 0 Å². The Kier molecular flexibility index (Phi) is 53.2. The molecule has 97 heavy (non-hydrogen) atoms. The first kappa shape index (κ1) is 88.2. The summed E-state index contributed by atoms with van der Waals surface area (Å²) in [4.78, 5) is 13.4. The van der Waals surface area contributed by atoms with Gasteiger partial charge in [-0.2, -0.15) is 0 Å². The van der Waals surface area contributed by atoms with Crippen molar-refractivity contribution < 1.29 is 89.4 Å². The van der Waals surface area contributed by atoms with Gasteiger partial charge >= 0.3 is 0 Å². The van der Waals surface area contributed by atoms with Gasteiger partial charge in [0.25, 0.3) is 0 Å². The van der Waals surface area contributed by atoms with Gasteiger partial charge in [-0.3, -0.25) is 4.79 Å². The molecule has 0 radical (unpaired) electrons. The molecule has 0 spiro atoms. The van der Waals surface area contributed by atoms with Crippen molar-refractivity contribution in [2.75, 3.05) is 26.4 Å². The minimum atomic E-state index is -1.98. The minimum absolute atomic E-state index is 0.232. The zero-order valence-corrected chi connectivity index (χ0v) is 59.8.